The number of likely N-dealkylation sites (tertiary alicyclic amines) is 1. The van der Waals surface area contributed by atoms with Crippen LogP contribution in [0.3, 0.4) is 0 Å². The Kier molecular flexibility index (Phi) is 4.55. The molecule has 1 aromatic heterocycles. The molecule has 25 heavy (non-hydrogen) atoms. The van der Waals surface area contributed by atoms with Crippen molar-refractivity contribution < 1.29 is 23.1 Å². The minimum atomic E-state index is -4.51. The van der Waals surface area contributed by atoms with Crippen molar-refractivity contribution in [2.45, 2.75) is 31.2 Å². The van der Waals surface area contributed by atoms with Gasteiger partial charge in [-0.25, -0.2) is 0 Å². The molecule has 3 rings (SSSR count). The molecule has 8 heteroatoms. The van der Waals surface area contributed by atoms with Crippen LogP contribution in [0.25, 0.3) is 0 Å². The minimum absolute atomic E-state index is 0.0147. The number of aromatic nitrogens is 2. The number of carbonyl (C=O) groups is 1. The highest BCUT2D eigenvalue weighted by atomic mass is 19.4. The Labute approximate surface area is 142 Å². The van der Waals surface area contributed by atoms with Gasteiger partial charge in [0.25, 0.3) is 0 Å². The van der Waals surface area contributed by atoms with E-state index in [0.29, 0.717) is 5.69 Å². The smallest absolute Gasteiger partial charge is 0.391 e. The Morgan fingerprint density at radius 1 is 1.32 bits per heavy atom. The second-order valence-electron chi connectivity index (χ2n) is 6.19. The first-order valence-electron chi connectivity index (χ1n) is 7.88. The van der Waals surface area contributed by atoms with E-state index in [1.807, 2.05) is 0 Å². The number of aliphatic hydroxyl groups excluding tert-OH is 1. The first-order chi connectivity index (χ1) is 11.8. The van der Waals surface area contributed by atoms with Gasteiger partial charge in [0, 0.05) is 19.8 Å². The second kappa shape index (κ2) is 6.51. The maximum atomic E-state index is 13.3. The molecule has 1 aromatic carbocycles. The lowest BCUT2D eigenvalue weighted by Gasteiger charge is -2.27. The van der Waals surface area contributed by atoms with E-state index in [-0.39, 0.29) is 30.9 Å². The van der Waals surface area contributed by atoms with Crippen LogP contribution >= 0.6 is 0 Å². The Morgan fingerprint density at radius 2 is 2.04 bits per heavy atom. The minimum Gasteiger partial charge on any atom is -0.391 e. The fourth-order valence-electron chi connectivity index (χ4n) is 3.24. The fraction of sp³-hybridized carbons (Fsp3) is 0.412. The summed E-state index contributed by atoms with van der Waals surface area (Å²) in [5.74, 6) is -0.350. The van der Waals surface area contributed by atoms with Crippen molar-refractivity contribution in [3.8, 4) is 0 Å². The first kappa shape index (κ1) is 17.5. The van der Waals surface area contributed by atoms with Crippen LogP contribution in [0.15, 0.2) is 36.5 Å². The fourth-order valence-corrected chi connectivity index (χ4v) is 3.24. The van der Waals surface area contributed by atoms with E-state index in [0.717, 1.165) is 6.07 Å². The van der Waals surface area contributed by atoms with Gasteiger partial charge in [0.05, 0.1) is 29.8 Å². The van der Waals surface area contributed by atoms with Crippen LogP contribution in [0, 0.1) is 0 Å². The van der Waals surface area contributed by atoms with Crippen LogP contribution in [0.1, 0.15) is 29.3 Å². The normalized spacial score (nSPS) is 20.9. The molecule has 1 fully saturated rings. The van der Waals surface area contributed by atoms with E-state index in [1.54, 1.807) is 24.0 Å². The van der Waals surface area contributed by atoms with Crippen LogP contribution in [0.2, 0.25) is 0 Å². The molecule has 2 heterocycles. The highest BCUT2D eigenvalue weighted by molar-refractivity contribution is 5.79. The van der Waals surface area contributed by atoms with Crippen molar-refractivity contribution in [1.82, 2.24) is 14.7 Å². The molecule has 0 spiro atoms. The second-order valence-corrected chi connectivity index (χ2v) is 6.19. The number of amides is 1. The third kappa shape index (κ3) is 3.68. The predicted octanol–water partition coefficient (Wildman–Crippen LogP) is 2.32. The van der Waals surface area contributed by atoms with E-state index in [9.17, 15) is 23.1 Å². The lowest BCUT2D eigenvalue weighted by atomic mass is 9.97. The van der Waals surface area contributed by atoms with Crippen molar-refractivity contribution in [1.29, 1.82) is 0 Å². The summed E-state index contributed by atoms with van der Waals surface area (Å²) in [4.78, 5) is 13.9. The van der Waals surface area contributed by atoms with Crippen molar-refractivity contribution >= 4 is 5.91 Å². The molecule has 1 N–H and O–H groups in total. The van der Waals surface area contributed by atoms with Crippen molar-refractivity contribution in [3.63, 3.8) is 0 Å². The lowest BCUT2D eigenvalue weighted by molar-refractivity contribution is -0.140. The largest absolute Gasteiger partial charge is 0.416 e. The zero-order valence-electron chi connectivity index (χ0n) is 13.6. The van der Waals surface area contributed by atoms with Crippen LogP contribution < -0.4 is 0 Å². The van der Waals surface area contributed by atoms with Gasteiger partial charge >= 0.3 is 6.18 Å². The average Bonchev–Trinajstić information content (AvgIpc) is 3.12. The number of carbonyl (C=O) groups excluding carboxylic acids is 1. The Bertz CT molecular complexity index is 772. The van der Waals surface area contributed by atoms with E-state index in [4.69, 9.17) is 0 Å². The van der Waals surface area contributed by atoms with Gasteiger partial charge in [-0.2, -0.15) is 18.3 Å². The summed E-state index contributed by atoms with van der Waals surface area (Å²) in [5, 5.41) is 14.1. The van der Waals surface area contributed by atoms with E-state index >= 15 is 0 Å². The summed E-state index contributed by atoms with van der Waals surface area (Å²) >= 11 is 0. The first-order valence-corrected chi connectivity index (χ1v) is 7.88. The number of benzene rings is 1. The summed E-state index contributed by atoms with van der Waals surface area (Å²) in [6.45, 7) is 0.0164. The monoisotopic (exact) mass is 353 g/mol. The summed E-state index contributed by atoms with van der Waals surface area (Å²) in [6.07, 6.45) is -3.60. The number of nitrogens with zero attached hydrogens (tertiary/aromatic N) is 3. The summed E-state index contributed by atoms with van der Waals surface area (Å²) in [5.41, 5.74) is -0.220. The highest BCUT2D eigenvalue weighted by Gasteiger charge is 2.41. The number of aryl methyl sites for hydroxylation is 1. The molecule has 0 radical (unpaired) electrons. The summed E-state index contributed by atoms with van der Waals surface area (Å²) < 4.78 is 41.4. The zero-order chi connectivity index (χ0) is 18.2. The molecular weight excluding hydrogens is 335 g/mol. The number of aliphatic hydroxyl groups is 1. The SMILES string of the molecule is Cn1ccc(CC(=O)N2C[C@H](O)C[C@H]2c2ccccc2C(F)(F)F)n1. The average molecular weight is 353 g/mol. The molecular formula is C17H18F3N3O2. The quantitative estimate of drug-likeness (QED) is 0.921. The van der Waals surface area contributed by atoms with Gasteiger partial charge in [-0.05, 0) is 24.1 Å². The molecule has 2 aromatic rings. The third-order valence-corrected chi connectivity index (χ3v) is 4.33. The molecule has 1 aliphatic rings. The molecule has 0 bridgehead atoms. The maximum absolute atomic E-state index is 13.3. The van der Waals surface area contributed by atoms with Crippen molar-refractivity contribution in [2.24, 2.45) is 7.05 Å². The maximum Gasteiger partial charge on any atom is 0.416 e. The van der Waals surface area contributed by atoms with Gasteiger partial charge in [0.1, 0.15) is 0 Å². The molecule has 1 aliphatic heterocycles. The van der Waals surface area contributed by atoms with Crippen LogP contribution in [0.4, 0.5) is 13.2 Å². The molecule has 2 atom stereocenters. The Hall–Kier alpha value is -2.35. The molecule has 134 valence electrons. The summed E-state index contributed by atoms with van der Waals surface area (Å²) in [6, 6.07) is 6.08. The molecule has 1 saturated heterocycles. The third-order valence-electron chi connectivity index (χ3n) is 4.33. The number of halogens is 3. The van der Waals surface area contributed by atoms with Gasteiger partial charge in [-0.15, -0.1) is 0 Å². The van der Waals surface area contributed by atoms with Gasteiger partial charge in [0.15, 0.2) is 0 Å². The standard InChI is InChI=1S/C17H18F3N3O2/c1-22-7-6-11(21-22)8-16(25)23-10-12(24)9-15(23)13-4-2-3-5-14(13)17(18,19)20/h2-7,12,15,24H,8-10H2,1H3/t12-,15+/m1/s1. The van der Waals surface area contributed by atoms with E-state index in [2.05, 4.69) is 5.10 Å². The summed E-state index contributed by atoms with van der Waals surface area (Å²) in [7, 11) is 1.72. The van der Waals surface area contributed by atoms with Crippen molar-refractivity contribution in [2.75, 3.05) is 6.54 Å². The molecule has 0 unspecified atom stereocenters. The van der Waals surface area contributed by atoms with Crippen molar-refractivity contribution in [3.05, 3.63) is 53.3 Å². The molecule has 5 nitrogen and oxygen atoms in total. The van der Waals surface area contributed by atoms with Crippen LogP contribution in [-0.4, -0.2) is 38.3 Å². The Balaban J connectivity index is 1.89. The predicted molar refractivity (Wildman–Crippen MR) is 83.4 cm³/mol. The topological polar surface area (TPSA) is 58.4 Å². The lowest BCUT2D eigenvalue weighted by Crippen LogP contribution is -2.34. The van der Waals surface area contributed by atoms with Gasteiger partial charge in [-0.1, -0.05) is 18.2 Å². The Morgan fingerprint density at radius 3 is 2.68 bits per heavy atom. The highest BCUT2D eigenvalue weighted by Crippen LogP contribution is 2.40. The van der Waals surface area contributed by atoms with E-state index in [1.165, 1.54) is 23.1 Å². The van der Waals surface area contributed by atoms with Gasteiger partial charge < -0.3 is 10.0 Å². The molecule has 1 amide bonds. The van der Waals surface area contributed by atoms with Gasteiger partial charge in [-0.3, -0.25) is 9.48 Å². The number of hydrogen-bond donors (Lipinski definition) is 1. The number of hydrogen-bond acceptors (Lipinski definition) is 3. The number of β-amino-alcohol motifs (C(OH)–C–C–N with tert-alkyl or cyclic N) is 1. The molecule has 0 aliphatic carbocycles. The molecule has 0 saturated carbocycles. The van der Waals surface area contributed by atoms with Crippen LogP contribution in [-0.2, 0) is 24.4 Å². The van der Waals surface area contributed by atoms with E-state index < -0.39 is 23.9 Å². The number of alkyl halides is 3. The zero-order valence-corrected chi connectivity index (χ0v) is 13.6. The van der Waals surface area contributed by atoms with Gasteiger partial charge in [0.2, 0.25) is 5.91 Å². The van der Waals surface area contributed by atoms with Crippen LogP contribution in [0.5, 0.6) is 0 Å². The number of rotatable bonds is 3.